The number of aromatic amines is 1. The van der Waals surface area contributed by atoms with Crippen molar-refractivity contribution >= 4 is 28.8 Å². The van der Waals surface area contributed by atoms with E-state index in [4.69, 9.17) is 5.73 Å². The molecule has 1 saturated heterocycles. The molecule has 3 aromatic rings. The van der Waals surface area contributed by atoms with E-state index in [-0.39, 0.29) is 36.4 Å². The Kier molecular flexibility index (Phi) is 8.73. The Morgan fingerprint density at radius 2 is 1.92 bits per heavy atom. The molecule has 4 rings (SSSR count). The molecule has 2 aromatic carbocycles. The van der Waals surface area contributed by atoms with Gasteiger partial charge in [-0.25, -0.2) is 4.98 Å². The second kappa shape index (κ2) is 12.4. The normalized spacial score (nSPS) is 16.0. The minimum absolute atomic E-state index is 0.133. The number of nitrogens with one attached hydrogen (secondary N) is 3. The number of amides is 3. The first-order valence-corrected chi connectivity index (χ1v) is 12.7. The topological polar surface area (TPSA) is 153 Å². The van der Waals surface area contributed by atoms with Gasteiger partial charge in [0.25, 0.3) is 0 Å². The summed E-state index contributed by atoms with van der Waals surface area (Å²) < 4.78 is 0. The van der Waals surface area contributed by atoms with Crippen LogP contribution < -0.4 is 16.4 Å². The van der Waals surface area contributed by atoms with Crippen molar-refractivity contribution in [2.45, 2.75) is 57.2 Å². The molecule has 1 aromatic heterocycles. The van der Waals surface area contributed by atoms with Gasteiger partial charge in [-0.1, -0.05) is 24.3 Å². The quantitative estimate of drug-likeness (QED) is 0.250. The fourth-order valence-electron chi connectivity index (χ4n) is 4.64. The van der Waals surface area contributed by atoms with Crippen molar-refractivity contribution in [1.29, 1.82) is 0 Å². The van der Waals surface area contributed by atoms with Crippen molar-refractivity contribution < 1.29 is 19.5 Å². The van der Waals surface area contributed by atoms with Gasteiger partial charge in [0, 0.05) is 6.54 Å². The van der Waals surface area contributed by atoms with Crippen LogP contribution in [0.3, 0.4) is 0 Å². The van der Waals surface area contributed by atoms with Crippen LogP contribution in [0.1, 0.15) is 43.5 Å². The van der Waals surface area contributed by atoms with Crippen molar-refractivity contribution in [2.24, 2.45) is 5.73 Å². The molecular weight excluding hydrogens is 472 g/mol. The number of nitrogens with two attached hydrogens (primary N) is 1. The molecule has 0 spiro atoms. The zero-order chi connectivity index (χ0) is 26.2. The van der Waals surface area contributed by atoms with E-state index in [2.05, 4.69) is 20.6 Å². The number of H-pyrrole nitrogens is 1. The van der Waals surface area contributed by atoms with Crippen molar-refractivity contribution in [1.82, 2.24) is 25.5 Å². The van der Waals surface area contributed by atoms with E-state index in [0.717, 1.165) is 29.4 Å². The SMILES string of the molecule is NCCCCC(NC(=O)C1CCCN1C(=O)Cc1ccc(O)cc1)C(=O)NCc1nc2ccccc2[nH]1. The van der Waals surface area contributed by atoms with Gasteiger partial charge in [0.05, 0.1) is 24.0 Å². The smallest absolute Gasteiger partial charge is 0.243 e. The highest BCUT2D eigenvalue weighted by atomic mass is 16.3. The molecule has 3 amide bonds. The molecule has 10 nitrogen and oxygen atoms in total. The zero-order valence-electron chi connectivity index (χ0n) is 20.8. The lowest BCUT2D eigenvalue weighted by molar-refractivity contribution is -0.139. The summed E-state index contributed by atoms with van der Waals surface area (Å²) in [7, 11) is 0. The van der Waals surface area contributed by atoms with Crippen LogP contribution >= 0.6 is 0 Å². The van der Waals surface area contributed by atoms with Crippen LogP contribution in [0.4, 0.5) is 0 Å². The maximum absolute atomic E-state index is 13.2. The number of phenolic OH excluding ortho intramolecular Hbond substituents is 1. The Hall–Kier alpha value is -3.92. The van der Waals surface area contributed by atoms with Crippen molar-refractivity contribution in [2.75, 3.05) is 13.1 Å². The van der Waals surface area contributed by atoms with Gasteiger partial charge in [-0.15, -0.1) is 0 Å². The third-order valence-electron chi connectivity index (χ3n) is 6.62. The molecule has 2 atom stereocenters. The lowest BCUT2D eigenvalue weighted by Gasteiger charge is -2.26. The zero-order valence-corrected chi connectivity index (χ0v) is 20.8. The van der Waals surface area contributed by atoms with E-state index in [9.17, 15) is 19.5 Å². The number of imidazole rings is 1. The second-order valence-electron chi connectivity index (χ2n) is 9.35. The summed E-state index contributed by atoms with van der Waals surface area (Å²) >= 11 is 0. The van der Waals surface area contributed by atoms with Gasteiger partial charge >= 0.3 is 0 Å². The number of carbonyl (C=O) groups excluding carboxylic acids is 3. The van der Waals surface area contributed by atoms with Crippen LogP contribution in [-0.4, -0.2) is 62.9 Å². The molecule has 1 aliphatic rings. The number of fused-ring (bicyclic) bond motifs is 1. The lowest BCUT2D eigenvalue weighted by atomic mass is 10.1. The summed E-state index contributed by atoms with van der Waals surface area (Å²) in [5.74, 6) is -0.0198. The summed E-state index contributed by atoms with van der Waals surface area (Å²) in [6, 6.07) is 12.7. The molecule has 10 heteroatoms. The standard InChI is InChI=1S/C27H34N6O4/c28-14-4-3-8-22(26(36)29-17-24-30-20-6-1-2-7-21(20)31-24)32-27(37)23-9-5-15-33(23)25(35)16-18-10-12-19(34)13-11-18/h1-2,6-7,10-13,22-23,34H,3-5,8-9,14-17,28H2,(H,29,36)(H,30,31)(H,32,37). The third-order valence-corrected chi connectivity index (χ3v) is 6.62. The highest BCUT2D eigenvalue weighted by molar-refractivity contribution is 5.92. The first-order valence-electron chi connectivity index (χ1n) is 12.7. The van der Waals surface area contributed by atoms with Crippen LogP contribution in [0.25, 0.3) is 11.0 Å². The van der Waals surface area contributed by atoms with Gasteiger partial charge < -0.3 is 31.4 Å². The molecule has 37 heavy (non-hydrogen) atoms. The molecule has 0 aliphatic carbocycles. The number of benzene rings is 2. The van der Waals surface area contributed by atoms with Gasteiger partial charge in [0.2, 0.25) is 17.7 Å². The fourth-order valence-corrected chi connectivity index (χ4v) is 4.64. The molecule has 0 bridgehead atoms. The summed E-state index contributed by atoms with van der Waals surface area (Å²) in [5.41, 5.74) is 8.09. The first-order chi connectivity index (χ1) is 17.9. The average molecular weight is 507 g/mol. The number of carbonyl (C=O) groups is 3. The van der Waals surface area contributed by atoms with Crippen molar-refractivity contribution in [3.63, 3.8) is 0 Å². The summed E-state index contributed by atoms with van der Waals surface area (Å²) in [6.45, 7) is 1.20. The molecular formula is C27H34N6O4. The number of rotatable bonds is 11. The van der Waals surface area contributed by atoms with Crippen LogP contribution in [0.2, 0.25) is 0 Å². The maximum Gasteiger partial charge on any atom is 0.243 e. The highest BCUT2D eigenvalue weighted by Gasteiger charge is 2.35. The molecule has 1 fully saturated rings. The van der Waals surface area contributed by atoms with Crippen LogP contribution in [0.15, 0.2) is 48.5 Å². The summed E-state index contributed by atoms with van der Waals surface area (Å²) in [4.78, 5) is 48.5. The molecule has 6 N–H and O–H groups in total. The Balaban J connectivity index is 1.37. The Morgan fingerprint density at radius 3 is 2.68 bits per heavy atom. The first kappa shape index (κ1) is 26.2. The minimum atomic E-state index is -0.738. The van der Waals surface area contributed by atoms with Crippen LogP contribution in [-0.2, 0) is 27.3 Å². The van der Waals surface area contributed by atoms with E-state index < -0.39 is 12.1 Å². The van der Waals surface area contributed by atoms with Crippen LogP contribution in [0, 0.1) is 0 Å². The number of nitrogens with zero attached hydrogens (tertiary/aromatic N) is 2. The van der Waals surface area contributed by atoms with Crippen LogP contribution in [0.5, 0.6) is 5.75 Å². The van der Waals surface area contributed by atoms with E-state index in [1.54, 1.807) is 17.0 Å². The van der Waals surface area contributed by atoms with Gasteiger partial charge in [0.1, 0.15) is 23.7 Å². The second-order valence-corrected chi connectivity index (χ2v) is 9.35. The number of phenols is 1. The van der Waals surface area contributed by atoms with Gasteiger partial charge in [-0.05, 0) is 68.5 Å². The molecule has 0 radical (unpaired) electrons. The number of likely N-dealkylation sites (tertiary alicyclic amines) is 1. The van der Waals surface area contributed by atoms with Gasteiger partial charge in [0.15, 0.2) is 0 Å². The highest BCUT2D eigenvalue weighted by Crippen LogP contribution is 2.20. The summed E-state index contributed by atoms with van der Waals surface area (Å²) in [6.07, 6.45) is 3.28. The minimum Gasteiger partial charge on any atom is -0.508 e. The van der Waals surface area contributed by atoms with E-state index in [1.807, 2.05) is 24.3 Å². The predicted molar refractivity (Wildman–Crippen MR) is 139 cm³/mol. The monoisotopic (exact) mass is 506 g/mol. The Morgan fingerprint density at radius 1 is 1.14 bits per heavy atom. The number of unbranched alkanes of at least 4 members (excludes halogenated alkanes) is 1. The summed E-state index contributed by atoms with van der Waals surface area (Å²) in [5, 5.41) is 15.2. The number of hydrogen-bond acceptors (Lipinski definition) is 6. The van der Waals surface area contributed by atoms with Gasteiger partial charge in [-0.3, -0.25) is 14.4 Å². The molecule has 0 saturated carbocycles. The maximum atomic E-state index is 13.2. The third kappa shape index (κ3) is 6.85. The number of hydrogen-bond donors (Lipinski definition) is 5. The number of aromatic hydroxyl groups is 1. The van der Waals surface area contributed by atoms with E-state index in [1.165, 1.54) is 12.1 Å². The number of aromatic nitrogens is 2. The van der Waals surface area contributed by atoms with E-state index >= 15 is 0 Å². The largest absolute Gasteiger partial charge is 0.508 e. The Labute approximate surface area is 215 Å². The predicted octanol–water partition coefficient (Wildman–Crippen LogP) is 1.73. The number of para-hydroxylation sites is 2. The molecule has 2 heterocycles. The fraction of sp³-hybridized carbons (Fsp3) is 0.407. The van der Waals surface area contributed by atoms with Crippen molar-refractivity contribution in [3.8, 4) is 5.75 Å². The van der Waals surface area contributed by atoms with Gasteiger partial charge in [-0.2, -0.15) is 0 Å². The lowest BCUT2D eigenvalue weighted by Crippen LogP contribution is -2.53. The Bertz CT molecular complexity index is 1190. The average Bonchev–Trinajstić information content (AvgIpc) is 3.55. The molecule has 196 valence electrons. The molecule has 2 unspecified atom stereocenters. The molecule has 1 aliphatic heterocycles. The van der Waals surface area contributed by atoms with Crippen molar-refractivity contribution in [3.05, 3.63) is 59.9 Å². The van der Waals surface area contributed by atoms with E-state index in [0.29, 0.717) is 38.2 Å².